The normalized spacial score (nSPS) is 21.5. The molecule has 2 heterocycles. The van der Waals surface area contributed by atoms with E-state index in [1.807, 2.05) is 60.7 Å². The average Bonchev–Trinajstić information content (AvgIpc) is 3.14. The van der Waals surface area contributed by atoms with E-state index in [9.17, 15) is 18.0 Å². The van der Waals surface area contributed by atoms with E-state index in [1.54, 1.807) is 4.90 Å². The van der Waals surface area contributed by atoms with Gasteiger partial charge in [0.2, 0.25) is 0 Å². The Morgan fingerprint density at radius 1 is 0.970 bits per heavy atom. The average molecular weight is 464 g/mol. The van der Waals surface area contributed by atoms with Crippen molar-refractivity contribution in [2.24, 2.45) is 5.92 Å². The second kappa shape index (κ2) is 11.2. The molecule has 2 aromatic carbocycles. The fourth-order valence-corrected chi connectivity index (χ4v) is 4.21. The molecule has 6 nitrogen and oxygen atoms in total. The zero-order chi connectivity index (χ0) is 23.8. The monoisotopic (exact) mass is 464 g/mol. The quantitative estimate of drug-likeness (QED) is 0.652. The van der Waals surface area contributed by atoms with Gasteiger partial charge in [-0.2, -0.15) is 13.2 Å². The van der Waals surface area contributed by atoms with Gasteiger partial charge in [-0.15, -0.1) is 0 Å². The minimum Gasteiger partial charge on any atom is -0.475 e. The van der Waals surface area contributed by atoms with Crippen LogP contribution in [0.5, 0.6) is 0 Å². The fourth-order valence-electron chi connectivity index (χ4n) is 4.21. The Kier molecular flexibility index (Phi) is 8.32. The third-order valence-electron chi connectivity index (χ3n) is 5.73. The Morgan fingerprint density at radius 2 is 1.48 bits per heavy atom. The van der Waals surface area contributed by atoms with Crippen LogP contribution in [-0.2, 0) is 16.1 Å². The topological polar surface area (TPSA) is 78.9 Å². The van der Waals surface area contributed by atoms with Gasteiger partial charge in [0.1, 0.15) is 0 Å². The third-order valence-corrected chi connectivity index (χ3v) is 5.73. The number of rotatable bonds is 5. The second-order valence-electron chi connectivity index (χ2n) is 8.26. The number of carbonyl (C=O) groups excluding carboxylic acids is 1. The van der Waals surface area contributed by atoms with Crippen LogP contribution in [0.2, 0.25) is 0 Å². The van der Waals surface area contributed by atoms with Crippen LogP contribution < -0.4 is 10.2 Å². The molecule has 2 unspecified atom stereocenters. The van der Waals surface area contributed by atoms with Crippen molar-refractivity contribution in [2.75, 3.05) is 11.5 Å². The second-order valence-corrected chi connectivity index (χ2v) is 8.26. The highest BCUT2D eigenvalue weighted by atomic mass is 19.4. The van der Waals surface area contributed by atoms with Crippen LogP contribution in [0, 0.1) is 5.92 Å². The molecule has 0 aromatic heterocycles. The maximum Gasteiger partial charge on any atom is 0.490 e. The first-order chi connectivity index (χ1) is 15.7. The van der Waals surface area contributed by atoms with E-state index in [4.69, 9.17) is 14.6 Å². The summed E-state index contributed by atoms with van der Waals surface area (Å²) in [4.78, 5) is 23.5. The maximum absolute atomic E-state index is 12.9. The molecule has 2 aliphatic rings. The summed E-state index contributed by atoms with van der Waals surface area (Å²) in [5, 5.41) is 10.8. The predicted octanol–water partition coefficient (Wildman–Crippen LogP) is 4.99. The Balaban J connectivity index is 0.000000383. The minimum absolute atomic E-state index is 0.258. The first-order valence-corrected chi connectivity index (χ1v) is 10.8. The summed E-state index contributed by atoms with van der Waals surface area (Å²) in [6, 6.07) is 21.0. The molecule has 2 aliphatic heterocycles. The lowest BCUT2D eigenvalue weighted by Gasteiger charge is -2.29. The summed E-state index contributed by atoms with van der Waals surface area (Å²) < 4.78 is 37.5. The molecule has 2 N–H and O–H groups in total. The fraction of sp³-hybridized carbons (Fsp3) is 0.417. The number of carboxylic acids is 1. The van der Waals surface area contributed by atoms with Crippen molar-refractivity contribution in [1.82, 2.24) is 5.32 Å². The smallest absolute Gasteiger partial charge is 0.475 e. The number of benzene rings is 2. The van der Waals surface area contributed by atoms with Gasteiger partial charge >= 0.3 is 18.2 Å². The first kappa shape index (κ1) is 24.6. The molecule has 1 amide bonds. The van der Waals surface area contributed by atoms with Gasteiger partial charge < -0.3 is 15.2 Å². The largest absolute Gasteiger partial charge is 0.490 e. The molecule has 0 aliphatic carbocycles. The number of nitrogens with one attached hydrogen (secondary N) is 1. The summed E-state index contributed by atoms with van der Waals surface area (Å²) >= 11 is 0. The molecular formula is C24H27F3N2O4. The van der Waals surface area contributed by atoms with E-state index in [0.717, 1.165) is 24.1 Å². The molecule has 4 rings (SSSR count). The van der Waals surface area contributed by atoms with Crippen molar-refractivity contribution < 1.29 is 32.6 Å². The molecule has 33 heavy (non-hydrogen) atoms. The zero-order valence-electron chi connectivity index (χ0n) is 18.0. The maximum atomic E-state index is 12.9. The number of ether oxygens (including phenoxy) is 1. The van der Waals surface area contributed by atoms with Crippen molar-refractivity contribution in [3.63, 3.8) is 0 Å². The van der Waals surface area contributed by atoms with E-state index in [2.05, 4.69) is 5.32 Å². The number of hydrogen-bond acceptors (Lipinski definition) is 4. The highest BCUT2D eigenvalue weighted by Crippen LogP contribution is 2.31. The number of nitrogens with zero attached hydrogens (tertiary/aromatic N) is 1. The minimum atomic E-state index is -5.08. The lowest BCUT2D eigenvalue weighted by molar-refractivity contribution is -0.192. The van der Waals surface area contributed by atoms with E-state index in [0.29, 0.717) is 31.2 Å². The van der Waals surface area contributed by atoms with Gasteiger partial charge in [0.25, 0.3) is 0 Å². The molecule has 2 aromatic rings. The summed E-state index contributed by atoms with van der Waals surface area (Å²) in [6.45, 7) is 1.03. The van der Waals surface area contributed by atoms with Crippen molar-refractivity contribution >= 4 is 17.7 Å². The SMILES string of the molecule is O=C(O)C(F)(F)F.O=C(OCC1CC2CCC(C1)N2)N(Cc1ccccc1)c1ccccc1. The van der Waals surface area contributed by atoms with E-state index in [-0.39, 0.29) is 6.09 Å². The van der Waals surface area contributed by atoms with Crippen LogP contribution in [0.4, 0.5) is 23.7 Å². The number of anilines is 1. The van der Waals surface area contributed by atoms with Gasteiger partial charge in [0.05, 0.1) is 13.2 Å². The van der Waals surface area contributed by atoms with E-state index < -0.39 is 12.1 Å². The van der Waals surface area contributed by atoms with Crippen molar-refractivity contribution in [2.45, 2.75) is 50.5 Å². The van der Waals surface area contributed by atoms with Crippen LogP contribution in [0.25, 0.3) is 0 Å². The third kappa shape index (κ3) is 7.49. The summed E-state index contributed by atoms with van der Waals surface area (Å²) in [6.07, 6.45) is -0.578. The molecular weight excluding hydrogens is 437 g/mol. The van der Waals surface area contributed by atoms with Crippen LogP contribution >= 0.6 is 0 Å². The lowest BCUT2D eigenvalue weighted by Crippen LogP contribution is -2.40. The number of hydrogen-bond donors (Lipinski definition) is 2. The number of para-hydroxylation sites is 1. The Bertz CT molecular complexity index is 897. The molecule has 0 saturated carbocycles. The number of halogens is 3. The number of piperidine rings is 1. The van der Waals surface area contributed by atoms with E-state index >= 15 is 0 Å². The standard InChI is InChI=1S/C22H26N2O2.C2HF3O2/c25-22(26-16-18-13-19-11-12-20(14-18)23-19)24(21-9-5-2-6-10-21)15-17-7-3-1-4-8-17;3-2(4,5)1(6)7/h1-10,18-20,23H,11-16H2;(H,6,7). The molecule has 178 valence electrons. The number of carboxylic acid groups (broad SMARTS) is 1. The van der Waals surface area contributed by atoms with Gasteiger partial charge in [0.15, 0.2) is 0 Å². The molecule has 9 heteroatoms. The molecule has 2 bridgehead atoms. The lowest BCUT2D eigenvalue weighted by atomic mass is 9.93. The molecule has 2 atom stereocenters. The van der Waals surface area contributed by atoms with Crippen LogP contribution in [0.15, 0.2) is 60.7 Å². The first-order valence-electron chi connectivity index (χ1n) is 10.8. The van der Waals surface area contributed by atoms with Gasteiger partial charge in [-0.25, -0.2) is 9.59 Å². The highest BCUT2D eigenvalue weighted by molar-refractivity contribution is 5.87. The molecule has 0 radical (unpaired) electrons. The molecule has 2 saturated heterocycles. The highest BCUT2D eigenvalue weighted by Gasteiger charge is 2.38. The van der Waals surface area contributed by atoms with Gasteiger partial charge in [-0.05, 0) is 49.3 Å². The molecule has 2 fully saturated rings. The Hall–Kier alpha value is -3.07. The summed E-state index contributed by atoms with van der Waals surface area (Å²) in [7, 11) is 0. The van der Waals surface area contributed by atoms with Gasteiger partial charge in [0, 0.05) is 17.8 Å². The number of fused-ring (bicyclic) bond motifs is 2. The number of aliphatic carboxylic acids is 1. The van der Waals surface area contributed by atoms with Crippen LogP contribution in [-0.4, -0.2) is 42.0 Å². The van der Waals surface area contributed by atoms with E-state index in [1.165, 1.54) is 12.8 Å². The summed E-state index contributed by atoms with van der Waals surface area (Å²) in [5.41, 5.74) is 1.96. The van der Waals surface area contributed by atoms with Crippen molar-refractivity contribution in [3.05, 3.63) is 66.2 Å². The number of amides is 1. The molecule has 0 spiro atoms. The van der Waals surface area contributed by atoms with Gasteiger partial charge in [-0.3, -0.25) is 4.90 Å². The summed E-state index contributed by atoms with van der Waals surface area (Å²) in [5.74, 6) is -2.28. The van der Waals surface area contributed by atoms with Crippen LogP contribution in [0.3, 0.4) is 0 Å². The predicted molar refractivity (Wildman–Crippen MR) is 117 cm³/mol. The van der Waals surface area contributed by atoms with Crippen molar-refractivity contribution in [1.29, 1.82) is 0 Å². The Labute approximate surface area is 190 Å². The van der Waals surface area contributed by atoms with Crippen LogP contribution in [0.1, 0.15) is 31.2 Å². The Morgan fingerprint density at radius 3 is 2.00 bits per heavy atom. The number of alkyl halides is 3. The van der Waals surface area contributed by atoms with Gasteiger partial charge in [-0.1, -0.05) is 48.5 Å². The van der Waals surface area contributed by atoms with Crippen molar-refractivity contribution in [3.8, 4) is 0 Å². The number of carbonyl (C=O) groups is 2. The zero-order valence-corrected chi connectivity index (χ0v) is 18.0.